The van der Waals surface area contributed by atoms with Crippen molar-refractivity contribution < 1.29 is 13.6 Å². The Hall–Kier alpha value is -2.69. The molecule has 0 fully saturated rings. The van der Waals surface area contributed by atoms with E-state index in [1.165, 1.54) is 24.4 Å². The molecule has 0 unspecified atom stereocenters. The van der Waals surface area contributed by atoms with Gasteiger partial charge < -0.3 is 4.42 Å². The van der Waals surface area contributed by atoms with Crippen LogP contribution in [0.25, 0.3) is 6.08 Å². The Kier molecular flexibility index (Phi) is 4.23. The number of carbonyl (C=O) groups excluding carboxylic acids is 1. The van der Waals surface area contributed by atoms with Crippen molar-refractivity contribution in [1.29, 1.82) is 0 Å². The second-order valence-electron chi connectivity index (χ2n) is 3.57. The third kappa shape index (κ3) is 3.64. The van der Waals surface area contributed by atoms with Crippen LogP contribution in [0.5, 0.6) is 0 Å². The summed E-state index contributed by atoms with van der Waals surface area (Å²) in [5.41, 5.74) is 2.18. The van der Waals surface area contributed by atoms with Gasteiger partial charge in [-0.25, -0.2) is 9.82 Å². The van der Waals surface area contributed by atoms with Crippen molar-refractivity contribution in [3.63, 3.8) is 0 Å². The number of furan rings is 1. The first-order valence-electron chi connectivity index (χ1n) is 5.55. The minimum absolute atomic E-state index is 0.0466. The maximum Gasteiger partial charge on any atom is 0.274 e. The monoisotopic (exact) mass is 258 g/mol. The lowest BCUT2D eigenvalue weighted by Gasteiger charge is -1.99. The fourth-order valence-electron chi connectivity index (χ4n) is 1.37. The summed E-state index contributed by atoms with van der Waals surface area (Å²) < 4.78 is 18.3. The van der Waals surface area contributed by atoms with Gasteiger partial charge in [0.2, 0.25) is 0 Å². The first kappa shape index (κ1) is 12.8. The zero-order valence-electron chi connectivity index (χ0n) is 9.92. The summed E-state index contributed by atoms with van der Waals surface area (Å²) in [7, 11) is 0. The Labute approximate surface area is 109 Å². The van der Waals surface area contributed by atoms with Crippen LogP contribution < -0.4 is 5.43 Å². The molecule has 0 radical (unpaired) electrons. The fourth-order valence-corrected chi connectivity index (χ4v) is 1.37. The van der Waals surface area contributed by atoms with E-state index in [9.17, 15) is 9.18 Å². The summed E-state index contributed by atoms with van der Waals surface area (Å²) in [6.45, 7) is 0. The molecule has 1 aromatic heterocycles. The van der Waals surface area contributed by atoms with E-state index in [2.05, 4.69) is 10.5 Å². The van der Waals surface area contributed by atoms with Gasteiger partial charge in [0.1, 0.15) is 11.6 Å². The van der Waals surface area contributed by atoms with E-state index in [1.54, 1.807) is 36.6 Å². The average molecular weight is 258 g/mol. The molecule has 0 bridgehead atoms. The highest BCUT2D eigenvalue weighted by molar-refractivity contribution is 5.94. The molecule has 4 nitrogen and oxygen atoms in total. The summed E-state index contributed by atoms with van der Waals surface area (Å²) in [4.78, 5) is 11.5. The summed E-state index contributed by atoms with van der Waals surface area (Å²) in [6, 6.07) is 9.24. The van der Waals surface area contributed by atoms with Crippen molar-refractivity contribution >= 4 is 18.2 Å². The Balaban J connectivity index is 1.89. The van der Waals surface area contributed by atoms with Crippen molar-refractivity contribution in [1.82, 2.24) is 5.43 Å². The molecule has 1 amide bonds. The van der Waals surface area contributed by atoms with Gasteiger partial charge in [0, 0.05) is 6.21 Å². The fraction of sp³-hybridized carbons (Fsp3) is 0. The van der Waals surface area contributed by atoms with Gasteiger partial charge in [0.05, 0.1) is 11.8 Å². The van der Waals surface area contributed by atoms with E-state index >= 15 is 0 Å². The Morgan fingerprint density at radius 3 is 2.84 bits per heavy atom. The zero-order valence-corrected chi connectivity index (χ0v) is 9.92. The molecule has 1 N–H and O–H groups in total. The maximum absolute atomic E-state index is 13.3. The van der Waals surface area contributed by atoms with Crippen molar-refractivity contribution in [2.75, 3.05) is 0 Å². The number of carbonyl (C=O) groups is 1. The van der Waals surface area contributed by atoms with E-state index in [-0.39, 0.29) is 5.56 Å². The van der Waals surface area contributed by atoms with Crippen molar-refractivity contribution in [2.45, 2.75) is 0 Å². The quantitative estimate of drug-likeness (QED) is 0.677. The van der Waals surface area contributed by atoms with Crippen LogP contribution in [-0.4, -0.2) is 12.1 Å². The Morgan fingerprint density at radius 1 is 1.26 bits per heavy atom. The molecular formula is C14H11FN2O2. The molecule has 1 heterocycles. The molecule has 0 aliphatic carbocycles. The topological polar surface area (TPSA) is 54.6 Å². The molecule has 0 spiro atoms. The van der Waals surface area contributed by atoms with E-state index in [1.807, 2.05) is 0 Å². The molecule has 2 aromatic rings. The molecule has 5 heteroatoms. The number of amides is 1. The van der Waals surface area contributed by atoms with Crippen molar-refractivity contribution in [2.24, 2.45) is 5.10 Å². The highest BCUT2D eigenvalue weighted by Gasteiger charge is 2.08. The van der Waals surface area contributed by atoms with Crippen LogP contribution in [0.1, 0.15) is 16.1 Å². The van der Waals surface area contributed by atoms with E-state index in [0.717, 1.165) is 0 Å². The molecule has 2 rings (SSSR count). The number of halogens is 1. The lowest BCUT2D eigenvalue weighted by Crippen LogP contribution is -2.18. The van der Waals surface area contributed by atoms with Crippen LogP contribution in [0.15, 0.2) is 58.3 Å². The van der Waals surface area contributed by atoms with Gasteiger partial charge in [-0.05, 0) is 36.4 Å². The van der Waals surface area contributed by atoms with Gasteiger partial charge in [0.15, 0.2) is 0 Å². The highest BCUT2D eigenvalue weighted by atomic mass is 19.1. The predicted octanol–water partition coefficient (Wildman–Crippen LogP) is 2.85. The van der Waals surface area contributed by atoms with Gasteiger partial charge in [-0.2, -0.15) is 5.10 Å². The van der Waals surface area contributed by atoms with E-state index < -0.39 is 11.7 Å². The zero-order chi connectivity index (χ0) is 13.5. The van der Waals surface area contributed by atoms with Gasteiger partial charge in [-0.15, -0.1) is 0 Å². The molecule has 96 valence electrons. The second-order valence-corrected chi connectivity index (χ2v) is 3.57. The number of hydrogen-bond donors (Lipinski definition) is 1. The summed E-state index contributed by atoms with van der Waals surface area (Å²) in [6.07, 6.45) is 6.21. The largest absolute Gasteiger partial charge is 0.465 e. The molecule has 19 heavy (non-hydrogen) atoms. The SMILES string of the molecule is O=C(N/N=C\C=C\c1ccco1)c1ccccc1F. The number of benzene rings is 1. The molecule has 0 aliphatic heterocycles. The summed E-state index contributed by atoms with van der Waals surface area (Å²) >= 11 is 0. The molecule has 0 aliphatic rings. The van der Waals surface area contributed by atoms with E-state index in [4.69, 9.17) is 4.42 Å². The van der Waals surface area contributed by atoms with Gasteiger partial charge in [0.25, 0.3) is 5.91 Å². The first-order chi connectivity index (χ1) is 9.27. The molecule has 1 aromatic carbocycles. The van der Waals surface area contributed by atoms with Crippen LogP contribution in [0.4, 0.5) is 4.39 Å². The number of allylic oxidation sites excluding steroid dienone is 1. The average Bonchev–Trinajstić information content (AvgIpc) is 2.92. The summed E-state index contributed by atoms with van der Waals surface area (Å²) in [5, 5.41) is 3.67. The lowest BCUT2D eigenvalue weighted by molar-refractivity contribution is 0.0951. The number of nitrogens with one attached hydrogen (secondary N) is 1. The minimum Gasteiger partial charge on any atom is -0.465 e. The van der Waals surface area contributed by atoms with Crippen molar-refractivity contribution in [3.05, 3.63) is 65.9 Å². The molecule has 0 saturated heterocycles. The van der Waals surface area contributed by atoms with Crippen LogP contribution in [0, 0.1) is 5.82 Å². The van der Waals surface area contributed by atoms with E-state index in [0.29, 0.717) is 5.76 Å². The number of hydrogen-bond acceptors (Lipinski definition) is 3. The van der Waals surface area contributed by atoms with Gasteiger partial charge >= 0.3 is 0 Å². The van der Waals surface area contributed by atoms with Crippen molar-refractivity contribution in [3.8, 4) is 0 Å². The maximum atomic E-state index is 13.3. The van der Waals surface area contributed by atoms with Gasteiger partial charge in [-0.1, -0.05) is 12.1 Å². The standard InChI is InChI=1S/C14H11FN2O2/c15-13-8-2-1-7-12(13)14(18)17-16-9-3-5-11-6-4-10-19-11/h1-10H,(H,17,18)/b5-3+,16-9-. The predicted molar refractivity (Wildman–Crippen MR) is 70.1 cm³/mol. The Morgan fingerprint density at radius 2 is 2.11 bits per heavy atom. The molecule has 0 saturated carbocycles. The minimum atomic E-state index is -0.597. The normalized spacial score (nSPS) is 11.2. The molecule has 0 atom stereocenters. The lowest BCUT2D eigenvalue weighted by atomic mass is 10.2. The third-order valence-corrected chi connectivity index (χ3v) is 2.25. The van der Waals surface area contributed by atoms with Crippen LogP contribution in [0.3, 0.4) is 0 Å². The van der Waals surface area contributed by atoms with Crippen LogP contribution in [0.2, 0.25) is 0 Å². The highest BCUT2D eigenvalue weighted by Crippen LogP contribution is 2.05. The van der Waals surface area contributed by atoms with Gasteiger partial charge in [-0.3, -0.25) is 4.79 Å². The second kappa shape index (κ2) is 6.30. The van der Waals surface area contributed by atoms with Crippen LogP contribution >= 0.6 is 0 Å². The molecular weight excluding hydrogens is 247 g/mol. The third-order valence-electron chi connectivity index (χ3n) is 2.25. The number of hydrazone groups is 1. The summed E-state index contributed by atoms with van der Waals surface area (Å²) in [5.74, 6) is -0.506. The smallest absolute Gasteiger partial charge is 0.274 e. The first-order valence-corrected chi connectivity index (χ1v) is 5.55. The Bertz CT molecular complexity index is 604. The number of nitrogens with zero attached hydrogens (tertiary/aromatic N) is 1. The van der Waals surface area contributed by atoms with Crippen LogP contribution in [-0.2, 0) is 0 Å². The number of rotatable bonds is 4.